The molecule has 0 amide bonds. The van der Waals surface area contributed by atoms with E-state index >= 15 is 0 Å². The van der Waals surface area contributed by atoms with E-state index in [1.54, 1.807) is 16.9 Å². The summed E-state index contributed by atoms with van der Waals surface area (Å²) < 4.78 is 15.7. The van der Waals surface area contributed by atoms with Gasteiger partial charge in [-0.15, -0.1) is 0 Å². The highest BCUT2D eigenvalue weighted by molar-refractivity contribution is 5.76. The molecule has 2 aliphatic heterocycles. The Hall–Kier alpha value is -3.74. The number of hydrogen-bond acceptors (Lipinski definition) is 7. The molecule has 0 spiro atoms. The summed E-state index contributed by atoms with van der Waals surface area (Å²) >= 11 is 0. The van der Waals surface area contributed by atoms with Gasteiger partial charge in [-0.3, -0.25) is 14.6 Å². The molecular weight excluding hydrogens is 466 g/mol. The third kappa shape index (κ3) is 4.47. The number of likely N-dealkylation sites (tertiary alicyclic amines) is 1. The maximum absolute atomic E-state index is 9.68. The Kier molecular flexibility index (Phi) is 6.37. The zero-order chi connectivity index (χ0) is 25.4. The monoisotopic (exact) mass is 497 g/mol. The summed E-state index contributed by atoms with van der Waals surface area (Å²) in [6.07, 6.45) is 10.3. The fourth-order valence-corrected chi connectivity index (χ4v) is 5.49. The molecule has 4 aromatic heterocycles. The van der Waals surface area contributed by atoms with Crippen molar-refractivity contribution in [3.05, 3.63) is 66.0 Å². The standard InChI is InChI=1S/C28H31N7O2/c1-19-25(15-32-35(19)23-6-5-10-33(11-8-23)24-17-36-18-24)21-12-27(28-22(13-29)14-31-34(28)16-21)37-20(2)26-7-3-4-9-30-26/h3-4,7,9,12,14-16,20,23-24H,5-6,8,10-11,17-18H2,1-2H3/t20-,23?/m1/s1. The van der Waals surface area contributed by atoms with E-state index in [-0.39, 0.29) is 6.10 Å². The molecule has 0 bridgehead atoms. The molecule has 190 valence electrons. The molecule has 6 heterocycles. The second kappa shape index (κ2) is 9.96. The van der Waals surface area contributed by atoms with E-state index in [1.807, 2.05) is 43.6 Å². The molecule has 37 heavy (non-hydrogen) atoms. The fourth-order valence-electron chi connectivity index (χ4n) is 5.49. The number of ether oxygens (including phenoxy) is 2. The van der Waals surface area contributed by atoms with Crippen LogP contribution in [0.5, 0.6) is 5.75 Å². The van der Waals surface area contributed by atoms with Crippen LogP contribution in [0.2, 0.25) is 0 Å². The summed E-state index contributed by atoms with van der Waals surface area (Å²) in [6, 6.07) is 11.0. The van der Waals surface area contributed by atoms with Crippen LogP contribution in [0.25, 0.3) is 16.6 Å². The first-order chi connectivity index (χ1) is 18.1. The van der Waals surface area contributed by atoms with Crippen molar-refractivity contribution in [3.8, 4) is 22.9 Å². The number of pyridine rings is 2. The molecule has 1 unspecified atom stereocenters. The minimum Gasteiger partial charge on any atom is -0.482 e. The molecule has 0 radical (unpaired) electrons. The first kappa shape index (κ1) is 23.6. The second-order valence-corrected chi connectivity index (χ2v) is 9.97. The quantitative estimate of drug-likeness (QED) is 0.391. The van der Waals surface area contributed by atoms with Gasteiger partial charge in [-0.25, -0.2) is 4.52 Å². The molecular formula is C28H31N7O2. The first-order valence-electron chi connectivity index (χ1n) is 13.0. The molecule has 0 saturated carbocycles. The van der Waals surface area contributed by atoms with Gasteiger partial charge in [-0.1, -0.05) is 6.07 Å². The van der Waals surface area contributed by atoms with Crippen LogP contribution in [0, 0.1) is 18.3 Å². The molecule has 2 saturated heterocycles. The molecule has 2 aliphatic rings. The average Bonchev–Trinajstić information content (AvgIpc) is 3.40. The normalized spacial score (nSPS) is 19.8. The van der Waals surface area contributed by atoms with Crippen LogP contribution in [0.15, 0.2) is 49.1 Å². The SMILES string of the molecule is Cc1c(-c2cc(O[C@H](C)c3ccccn3)c3c(C#N)cnn3c2)cnn1C1CCCN(C2COC2)CC1. The maximum atomic E-state index is 9.68. The smallest absolute Gasteiger partial charge is 0.148 e. The van der Waals surface area contributed by atoms with Gasteiger partial charge in [0, 0.05) is 35.8 Å². The van der Waals surface area contributed by atoms with Crippen molar-refractivity contribution in [2.45, 2.75) is 51.3 Å². The average molecular weight is 498 g/mol. The second-order valence-electron chi connectivity index (χ2n) is 9.97. The Morgan fingerprint density at radius 3 is 2.78 bits per heavy atom. The van der Waals surface area contributed by atoms with Crippen LogP contribution in [-0.2, 0) is 4.74 Å². The van der Waals surface area contributed by atoms with Gasteiger partial charge in [0.2, 0.25) is 0 Å². The van der Waals surface area contributed by atoms with Gasteiger partial charge in [0.25, 0.3) is 0 Å². The van der Waals surface area contributed by atoms with E-state index in [1.165, 1.54) is 0 Å². The van der Waals surface area contributed by atoms with E-state index in [0.29, 0.717) is 28.9 Å². The Morgan fingerprint density at radius 2 is 2.03 bits per heavy atom. The molecule has 4 aromatic rings. The summed E-state index contributed by atoms with van der Waals surface area (Å²) in [5.41, 5.74) is 5.07. The molecule has 6 rings (SSSR count). The lowest BCUT2D eigenvalue weighted by Crippen LogP contribution is -2.49. The zero-order valence-corrected chi connectivity index (χ0v) is 21.2. The summed E-state index contributed by atoms with van der Waals surface area (Å²) in [6.45, 7) is 8.03. The van der Waals surface area contributed by atoms with Crippen molar-refractivity contribution in [2.75, 3.05) is 26.3 Å². The van der Waals surface area contributed by atoms with Crippen molar-refractivity contribution < 1.29 is 9.47 Å². The minimum absolute atomic E-state index is 0.291. The lowest BCUT2D eigenvalue weighted by atomic mass is 10.1. The minimum atomic E-state index is -0.291. The molecule has 2 fully saturated rings. The Labute approximate surface area is 216 Å². The lowest BCUT2D eigenvalue weighted by Gasteiger charge is -2.36. The largest absolute Gasteiger partial charge is 0.482 e. The van der Waals surface area contributed by atoms with Crippen molar-refractivity contribution in [2.24, 2.45) is 0 Å². The highest BCUT2D eigenvalue weighted by atomic mass is 16.5. The maximum Gasteiger partial charge on any atom is 0.148 e. The van der Waals surface area contributed by atoms with Gasteiger partial charge in [0.15, 0.2) is 0 Å². The third-order valence-corrected chi connectivity index (χ3v) is 7.68. The Bertz CT molecular complexity index is 1430. The van der Waals surface area contributed by atoms with Crippen LogP contribution >= 0.6 is 0 Å². The molecule has 0 aromatic carbocycles. The summed E-state index contributed by atoms with van der Waals surface area (Å²) in [7, 11) is 0. The van der Waals surface area contributed by atoms with E-state index in [0.717, 1.165) is 68.1 Å². The van der Waals surface area contributed by atoms with Gasteiger partial charge in [-0.05, 0) is 57.9 Å². The number of fused-ring (bicyclic) bond motifs is 1. The third-order valence-electron chi connectivity index (χ3n) is 7.68. The van der Waals surface area contributed by atoms with Crippen LogP contribution in [-0.4, -0.2) is 61.6 Å². The van der Waals surface area contributed by atoms with Crippen molar-refractivity contribution in [1.29, 1.82) is 5.26 Å². The van der Waals surface area contributed by atoms with E-state index in [2.05, 4.69) is 32.7 Å². The lowest BCUT2D eigenvalue weighted by molar-refractivity contribution is -0.0639. The molecule has 2 atom stereocenters. The van der Waals surface area contributed by atoms with E-state index in [9.17, 15) is 5.26 Å². The van der Waals surface area contributed by atoms with Crippen LogP contribution in [0.1, 0.15) is 55.3 Å². The van der Waals surface area contributed by atoms with Crippen molar-refractivity contribution in [1.82, 2.24) is 29.3 Å². The first-order valence-corrected chi connectivity index (χ1v) is 13.0. The molecule has 9 nitrogen and oxygen atoms in total. The predicted octanol–water partition coefficient (Wildman–Crippen LogP) is 4.34. The Balaban J connectivity index is 1.31. The van der Waals surface area contributed by atoms with Crippen molar-refractivity contribution >= 4 is 5.52 Å². The predicted molar refractivity (Wildman–Crippen MR) is 138 cm³/mol. The van der Waals surface area contributed by atoms with Gasteiger partial charge in [-0.2, -0.15) is 15.5 Å². The van der Waals surface area contributed by atoms with Gasteiger partial charge in [0.1, 0.15) is 29.0 Å². The zero-order valence-electron chi connectivity index (χ0n) is 21.2. The summed E-state index contributed by atoms with van der Waals surface area (Å²) in [5.74, 6) is 0.602. The van der Waals surface area contributed by atoms with Crippen LogP contribution in [0.3, 0.4) is 0 Å². The summed E-state index contributed by atoms with van der Waals surface area (Å²) in [4.78, 5) is 7.01. The summed E-state index contributed by atoms with van der Waals surface area (Å²) in [5, 5.41) is 19.0. The Morgan fingerprint density at radius 1 is 1.14 bits per heavy atom. The highest BCUT2D eigenvalue weighted by Crippen LogP contribution is 2.35. The number of nitriles is 1. The van der Waals surface area contributed by atoms with Gasteiger partial charge < -0.3 is 9.47 Å². The highest BCUT2D eigenvalue weighted by Gasteiger charge is 2.29. The molecule has 0 aliphatic carbocycles. The van der Waals surface area contributed by atoms with Crippen molar-refractivity contribution in [3.63, 3.8) is 0 Å². The van der Waals surface area contributed by atoms with Gasteiger partial charge in [0.05, 0.1) is 43.4 Å². The van der Waals surface area contributed by atoms with E-state index in [4.69, 9.17) is 14.6 Å². The topological polar surface area (TPSA) is 93.5 Å². The van der Waals surface area contributed by atoms with Crippen LogP contribution in [0.4, 0.5) is 0 Å². The molecule has 9 heteroatoms. The van der Waals surface area contributed by atoms with Gasteiger partial charge >= 0.3 is 0 Å². The fraction of sp³-hybridized carbons (Fsp3) is 0.429. The number of hydrogen-bond donors (Lipinski definition) is 0. The number of rotatable bonds is 6. The van der Waals surface area contributed by atoms with Crippen LogP contribution < -0.4 is 4.74 Å². The molecule has 0 N–H and O–H groups in total. The number of nitrogens with zero attached hydrogens (tertiary/aromatic N) is 7. The van der Waals surface area contributed by atoms with E-state index < -0.39 is 0 Å². The number of aromatic nitrogens is 5.